The average Bonchev–Trinajstić information content (AvgIpc) is 2.57. The first kappa shape index (κ1) is 19.2. The normalized spacial score (nSPS) is 13.4. The molecule has 5 heteroatoms. The number of nitrogens with one attached hydrogen (secondary N) is 1. The lowest BCUT2D eigenvalue weighted by Gasteiger charge is -2.18. The van der Waals surface area contributed by atoms with E-state index in [-0.39, 0.29) is 11.2 Å². The predicted molar refractivity (Wildman–Crippen MR) is 106 cm³/mol. The molecule has 2 aromatic carbocycles. The SMILES string of the molecule is CC[C@@H](C)c1ccccc1NC(=O)[C@@H](C)Sc1c(Cl)cccc1Cl. The number of hydrogen-bond donors (Lipinski definition) is 1. The van der Waals surface area contributed by atoms with E-state index in [1.165, 1.54) is 11.8 Å². The fourth-order valence-electron chi connectivity index (χ4n) is 2.32. The molecule has 0 spiro atoms. The second-order valence-corrected chi connectivity index (χ2v) is 7.86. The van der Waals surface area contributed by atoms with E-state index in [2.05, 4.69) is 25.2 Å². The van der Waals surface area contributed by atoms with E-state index >= 15 is 0 Å². The lowest BCUT2D eigenvalue weighted by Crippen LogP contribution is -2.23. The van der Waals surface area contributed by atoms with Crippen molar-refractivity contribution in [1.29, 1.82) is 0 Å². The van der Waals surface area contributed by atoms with E-state index in [0.717, 1.165) is 22.6 Å². The van der Waals surface area contributed by atoms with Gasteiger partial charge in [0.05, 0.1) is 15.3 Å². The van der Waals surface area contributed by atoms with Crippen molar-refractivity contribution in [3.8, 4) is 0 Å². The molecule has 0 aromatic heterocycles. The summed E-state index contributed by atoms with van der Waals surface area (Å²) in [5, 5.41) is 3.85. The standard InChI is InChI=1S/C19H21Cl2NOS/c1-4-12(2)14-8-5-6-11-17(14)22-19(23)13(3)24-18-15(20)9-7-10-16(18)21/h5-13H,4H2,1-3H3,(H,22,23)/t12-,13-/m1/s1. The maximum absolute atomic E-state index is 12.6. The molecule has 2 atom stereocenters. The molecule has 0 aliphatic carbocycles. The number of hydrogen-bond acceptors (Lipinski definition) is 2. The number of rotatable bonds is 6. The van der Waals surface area contributed by atoms with Gasteiger partial charge in [0.15, 0.2) is 0 Å². The zero-order valence-electron chi connectivity index (χ0n) is 14.0. The first-order chi connectivity index (χ1) is 11.4. The highest BCUT2D eigenvalue weighted by Gasteiger charge is 2.19. The molecule has 0 bridgehead atoms. The van der Waals surface area contributed by atoms with Gasteiger partial charge in [-0.3, -0.25) is 4.79 Å². The molecular formula is C19H21Cl2NOS. The maximum Gasteiger partial charge on any atom is 0.237 e. The van der Waals surface area contributed by atoms with E-state index in [4.69, 9.17) is 23.2 Å². The minimum Gasteiger partial charge on any atom is -0.325 e. The van der Waals surface area contributed by atoms with Gasteiger partial charge >= 0.3 is 0 Å². The quantitative estimate of drug-likeness (QED) is 0.569. The van der Waals surface area contributed by atoms with E-state index in [1.807, 2.05) is 25.1 Å². The van der Waals surface area contributed by atoms with Gasteiger partial charge in [0.1, 0.15) is 0 Å². The van der Waals surface area contributed by atoms with Crippen molar-refractivity contribution in [3.63, 3.8) is 0 Å². The topological polar surface area (TPSA) is 29.1 Å². The van der Waals surface area contributed by atoms with Crippen LogP contribution in [0.2, 0.25) is 10.0 Å². The minimum absolute atomic E-state index is 0.0632. The summed E-state index contributed by atoms with van der Waals surface area (Å²) >= 11 is 13.7. The van der Waals surface area contributed by atoms with E-state index in [0.29, 0.717) is 16.0 Å². The Morgan fingerprint density at radius 3 is 2.33 bits per heavy atom. The third kappa shape index (κ3) is 4.69. The second-order valence-electron chi connectivity index (χ2n) is 5.70. The van der Waals surface area contributed by atoms with Crippen LogP contribution in [0.3, 0.4) is 0 Å². The van der Waals surface area contributed by atoms with Crippen molar-refractivity contribution in [2.75, 3.05) is 5.32 Å². The molecule has 0 radical (unpaired) electrons. The van der Waals surface area contributed by atoms with Crippen LogP contribution < -0.4 is 5.32 Å². The number of anilines is 1. The van der Waals surface area contributed by atoms with Gasteiger partial charge in [-0.25, -0.2) is 0 Å². The molecule has 0 heterocycles. The molecule has 2 aromatic rings. The second kappa shape index (κ2) is 8.80. The van der Waals surface area contributed by atoms with E-state index in [1.54, 1.807) is 18.2 Å². The van der Waals surface area contributed by atoms with Crippen molar-refractivity contribution in [3.05, 3.63) is 58.1 Å². The van der Waals surface area contributed by atoms with Gasteiger partial charge in [0.25, 0.3) is 0 Å². The number of carbonyl (C=O) groups is 1. The number of thioether (sulfide) groups is 1. The summed E-state index contributed by atoms with van der Waals surface area (Å²) in [4.78, 5) is 13.3. The summed E-state index contributed by atoms with van der Waals surface area (Å²) in [5.74, 6) is 0.328. The van der Waals surface area contributed by atoms with Crippen LogP contribution in [-0.2, 0) is 4.79 Å². The van der Waals surface area contributed by atoms with Crippen LogP contribution in [-0.4, -0.2) is 11.2 Å². The highest BCUT2D eigenvalue weighted by molar-refractivity contribution is 8.00. The predicted octanol–water partition coefficient (Wildman–Crippen LogP) is 6.63. The monoisotopic (exact) mass is 381 g/mol. The van der Waals surface area contributed by atoms with Gasteiger partial charge in [0, 0.05) is 10.6 Å². The Labute approximate surface area is 157 Å². The van der Waals surface area contributed by atoms with Crippen LogP contribution in [0.5, 0.6) is 0 Å². The maximum atomic E-state index is 12.6. The molecule has 0 aliphatic heterocycles. The molecule has 0 fully saturated rings. The number of carbonyl (C=O) groups excluding carboxylic acids is 1. The molecule has 2 nitrogen and oxygen atoms in total. The molecule has 0 unspecified atom stereocenters. The molecule has 1 N–H and O–H groups in total. The Bertz CT molecular complexity index is 700. The third-order valence-electron chi connectivity index (χ3n) is 3.94. The number of halogens is 2. The van der Waals surface area contributed by atoms with Gasteiger partial charge in [0.2, 0.25) is 5.91 Å². The lowest BCUT2D eigenvalue weighted by molar-refractivity contribution is -0.115. The van der Waals surface area contributed by atoms with Crippen molar-refractivity contribution in [1.82, 2.24) is 0 Å². The molecule has 0 saturated carbocycles. The summed E-state index contributed by atoms with van der Waals surface area (Å²) in [6.45, 7) is 6.15. The smallest absolute Gasteiger partial charge is 0.237 e. The minimum atomic E-state index is -0.313. The van der Waals surface area contributed by atoms with E-state index < -0.39 is 0 Å². The van der Waals surface area contributed by atoms with E-state index in [9.17, 15) is 4.79 Å². The number of amides is 1. The Morgan fingerprint density at radius 1 is 1.08 bits per heavy atom. The van der Waals surface area contributed by atoms with Crippen LogP contribution in [0.1, 0.15) is 38.7 Å². The number of para-hydroxylation sites is 1. The average molecular weight is 382 g/mol. The summed E-state index contributed by atoms with van der Waals surface area (Å²) in [5.41, 5.74) is 2.02. The fourth-order valence-corrected chi connectivity index (χ4v) is 3.87. The molecule has 128 valence electrons. The van der Waals surface area contributed by atoms with Gasteiger partial charge < -0.3 is 5.32 Å². The van der Waals surface area contributed by atoms with Crippen LogP contribution in [0.15, 0.2) is 47.4 Å². The molecular weight excluding hydrogens is 361 g/mol. The number of benzene rings is 2. The Kier molecular flexibility index (Phi) is 7.02. The van der Waals surface area contributed by atoms with Crippen molar-refractivity contribution < 1.29 is 4.79 Å². The van der Waals surface area contributed by atoms with Crippen molar-refractivity contribution in [2.24, 2.45) is 0 Å². The fraction of sp³-hybridized carbons (Fsp3) is 0.316. The Hall–Kier alpha value is -1.16. The lowest BCUT2D eigenvalue weighted by atomic mass is 9.97. The van der Waals surface area contributed by atoms with Gasteiger partial charge in [-0.2, -0.15) is 0 Å². The van der Waals surface area contributed by atoms with Crippen LogP contribution in [0, 0.1) is 0 Å². The first-order valence-corrected chi connectivity index (χ1v) is 9.58. The Morgan fingerprint density at radius 2 is 1.71 bits per heavy atom. The highest BCUT2D eigenvalue weighted by atomic mass is 35.5. The molecule has 24 heavy (non-hydrogen) atoms. The largest absolute Gasteiger partial charge is 0.325 e. The summed E-state index contributed by atoms with van der Waals surface area (Å²) < 4.78 is 0. The molecule has 0 saturated heterocycles. The molecule has 0 aliphatic rings. The molecule has 2 rings (SSSR count). The first-order valence-electron chi connectivity index (χ1n) is 7.94. The van der Waals surface area contributed by atoms with Crippen molar-refractivity contribution >= 4 is 46.6 Å². The van der Waals surface area contributed by atoms with Gasteiger partial charge in [-0.15, -0.1) is 11.8 Å². The zero-order valence-corrected chi connectivity index (χ0v) is 16.3. The van der Waals surface area contributed by atoms with Crippen molar-refractivity contribution in [2.45, 2.75) is 43.3 Å². The van der Waals surface area contributed by atoms with Gasteiger partial charge in [-0.1, -0.05) is 61.3 Å². The summed E-state index contributed by atoms with van der Waals surface area (Å²) in [6.07, 6.45) is 1.02. The third-order valence-corrected chi connectivity index (χ3v) is 6.04. The summed E-state index contributed by atoms with van der Waals surface area (Å²) in [7, 11) is 0. The van der Waals surface area contributed by atoms with Crippen LogP contribution in [0.25, 0.3) is 0 Å². The Balaban J connectivity index is 2.13. The summed E-state index contributed by atoms with van der Waals surface area (Å²) in [6, 6.07) is 13.3. The van der Waals surface area contributed by atoms with Crippen LogP contribution >= 0.6 is 35.0 Å². The molecule has 1 amide bonds. The van der Waals surface area contributed by atoms with Gasteiger partial charge in [-0.05, 0) is 43.0 Å². The highest BCUT2D eigenvalue weighted by Crippen LogP contribution is 2.37. The zero-order chi connectivity index (χ0) is 17.7. The van der Waals surface area contributed by atoms with Crippen LogP contribution in [0.4, 0.5) is 5.69 Å².